The van der Waals surface area contributed by atoms with Crippen molar-refractivity contribution >= 4 is 29.2 Å². The van der Waals surface area contributed by atoms with Crippen LogP contribution in [0, 0.1) is 6.92 Å². The molecular weight excluding hydrogens is 504 g/mol. The number of rotatable bonds is 7. The maximum Gasteiger partial charge on any atom is 0.256 e. The van der Waals surface area contributed by atoms with Crippen molar-refractivity contribution in [3.63, 3.8) is 0 Å². The maximum atomic E-state index is 13.7. The van der Waals surface area contributed by atoms with Crippen molar-refractivity contribution in [1.82, 2.24) is 14.8 Å². The fourth-order valence-electron chi connectivity index (χ4n) is 6.30. The van der Waals surface area contributed by atoms with Crippen LogP contribution in [0.1, 0.15) is 53.0 Å². The van der Waals surface area contributed by atoms with Gasteiger partial charge in [-0.15, -0.1) is 0 Å². The third-order valence-corrected chi connectivity index (χ3v) is 8.24. The molecule has 3 aliphatic heterocycles. The van der Waals surface area contributed by atoms with Crippen molar-refractivity contribution in [2.24, 2.45) is 0 Å². The zero-order chi connectivity index (χ0) is 27.6. The maximum absolute atomic E-state index is 13.7. The minimum atomic E-state index is -0.202. The lowest BCUT2D eigenvalue weighted by Crippen LogP contribution is -2.46. The zero-order valence-corrected chi connectivity index (χ0v) is 22.9. The van der Waals surface area contributed by atoms with Crippen molar-refractivity contribution in [2.45, 2.75) is 38.6 Å². The third kappa shape index (κ3) is 5.17. The Balaban J connectivity index is 1.30. The number of ether oxygens (including phenoxy) is 1. The number of aromatic amines is 1. The number of aromatic nitrogens is 1. The molecule has 0 spiro atoms. The van der Waals surface area contributed by atoms with E-state index >= 15 is 0 Å². The van der Waals surface area contributed by atoms with Gasteiger partial charge in [0.1, 0.15) is 12.4 Å². The molecule has 2 aromatic carbocycles. The molecule has 1 aromatic heterocycles. The van der Waals surface area contributed by atoms with Crippen LogP contribution in [0.5, 0.6) is 5.75 Å². The number of likely N-dealkylation sites (tertiary alicyclic amines) is 2. The standard InChI is InChI=1S/C32H36N4O4/c1-21-18-26(32(39)36-14-10-23(11-15-36)35-12-2-3-13-35)29(33-21)20-27-30-25(8-5-9-28(30)34-31(27)38)22-6-4-7-24(19-22)40-17-16-37/h4-9,18-20,23,33,37H,2-3,10-17H2,1H3,(H,34,38)/b27-20-. The molecule has 0 radical (unpaired) electrons. The Morgan fingerprint density at radius 3 is 2.62 bits per heavy atom. The summed E-state index contributed by atoms with van der Waals surface area (Å²) >= 11 is 0. The van der Waals surface area contributed by atoms with Gasteiger partial charge in [-0.25, -0.2) is 0 Å². The van der Waals surface area contributed by atoms with Crippen molar-refractivity contribution < 1.29 is 19.4 Å². The number of carbonyl (C=O) groups is 2. The van der Waals surface area contributed by atoms with E-state index in [9.17, 15) is 9.59 Å². The molecule has 0 aliphatic carbocycles. The highest BCUT2D eigenvalue weighted by molar-refractivity contribution is 6.36. The number of fused-ring (bicyclic) bond motifs is 1. The average molecular weight is 541 g/mol. The van der Waals surface area contributed by atoms with Gasteiger partial charge in [-0.2, -0.15) is 0 Å². The molecule has 4 heterocycles. The summed E-state index contributed by atoms with van der Waals surface area (Å²) in [4.78, 5) is 34.8. The highest BCUT2D eigenvalue weighted by Gasteiger charge is 2.31. The molecule has 2 fully saturated rings. The number of piperidine rings is 1. The van der Waals surface area contributed by atoms with Crippen LogP contribution in [-0.4, -0.2) is 77.1 Å². The van der Waals surface area contributed by atoms with Crippen molar-refractivity contribution in [3.05, 3.63) is 71.0 Å². The Hall–Kier alpha value is -3.88. The summed E-state index contributed by atoms with van der Waals surface area (Å²) in [7, 11) is 0. The van der Waals surface area contributed by atoms with Crippen molar-refractivity contribution in [2.75, 3.05) is 44.7 Å². The van der Waals surface area contributed by atoms with Gasteiger partial charge >= 0.3 is 0 Å². The number of aliphatic hydroxyl groups excluding tert-OH is 1. The average Bonchev–Trinajstić information content (AvgIpc) is 3.71. The largest absolute Gasteiger partial charge is 0.491 e. The number of amides is 2. The predicted molar refractivity (Wildman–Crippen MR) is 156 cm³/mol. The van der Waals surface area contributed by atoms with Gasteiger partial charge in [-0.3, -0.25) is 9.59 Å². The van der Waals surface area contributed by atoms with Crippen LogP contribution in [0.4, 0.5) is 5.69 Å². The first-order chi connectivity index (χ1) is 19.5. The molecule has 0 bridgehead atoms. The van der Waals surface area contributed by atoms with E-state index in [0.717, 1.165) is 54.0 Å². The number of carbonyl (C=O) groups excluding carboxylic acids is 2. The molecule has 2 amide bonds. The monoisotopic (exact) mass is 540 g/mol. The van der Waals surface area contributed by atoms with Crippen LogP contribution in [0.15, 0.2) is 48.5 Å². The van der Waals surface area contributed by atoms with Crippen LogP contribution in [0.25, 0.3) is 22.8 Å². The van der Waals surface area contributed by atoms with E-state index in [0.29, 0.717) is 28.6 Å². The summed E-state index contributed by atoms with van der Waals surface area (Å²) in [5.41, 5.74) is 5.95. The minimum Gasteiger partial charge on any atom is -0.491 e. The summed E-state index contributed by atoms with van der Waals surface area (Å²) in [5.74, 6) is 0.456. The molecule has 3 N–H and O–H groups in total. The second-order valence-electron chi connectivity index (χ2n) is 10.9. The first-order valence-electron chi connectivity index (χ1n) is 14.3. The number of anilines is 1. The lowest BCUT2D eigenvalue weighted by molar-refractivity contribution is -0.110. The Morgan fingerprint density at radius 1 is 1.07 bits per heavy atom. The zero-order valence-electron chi connectivity index (χ0n) is 22.9. The van der Waals surface area contributed by atoms with Crippen molar-refractivity contribution in [3.8, 4) is 16.9 Å². The number of nitrogens with zero attached hydrogens (tertiary/aromatic N) is 2. The second-order valence-corrected chi connectivity index (χ2v) is 10.9. The van der Waals surface area contributed by atoms with Crippen molar-refractivity contribution in [1.29, 1.82) is 0 Å². The molecule has 3 aliphatic rings. The van der Waals surface area contributed by atoms with E-state index in [4.69, 9.17) is 9.84 Å². The minimum absolute atomic E-state index is 0.0109. The molecule has 3 aromatic rings. The number of nitrogens with one attached hydrogen (secondary N) is 2. The fraction of sp³-hybridized carbons (Fsp3) is 0.375. The van der Waals surface area contributed by atoms with Crippen LogP contribution in [-0.2, 0) is 4.79 Å². The van der Waals surface area contributed by atoms with Gasteiger partial charge < -0.3 is 29.9 Å². The first kappa shape index (κ1) is 26.3. The van der Waals surface area contributed by atoms with E-state index in [1.54, 1.807) is 0 Å². The van der Waals surface area contributed by atoms with Gasteiger partial charge in [0.2, 0.25) is 0 Å². The predicted octanol–water partition coefficient (Wildman–Crippen LogP) is 4.55. The van der Waals surface area contributed by atoms with Crippen LogP contribution < -0.4 is 10.1 Å². The molecule has 40 heavy (non-hydrogen) atoms. The number of aliphatic hydroxyl groups is 1. The Morgan fingerprint density at radius 2 is 1.85 bits per heavy atom. The van der Waals surface area contributed by atoms with E-state index in [1.165, 1.54) is 25.9 Å². The number of aryl methyl sites for hydroxylation is 1. The van der Waals surface area contributed by atoms with E-state index in [-0.39, 0.29) is 25.0 Å². The molecule has 8 nitrogen and oxygen atoms in total. The molecular formula is C32H36N4O4. The van der Waals surface area contributed by atoms with Gasteiger partial charge in [0, 0.05) is 36.1 Å². The van der Waals surface area contributed by atoms with Gasteiger partial charge in [0.05, 0.1) is 23.4 Å². The summed E-state index contributed by atoms with van der Waals surface area (Å²) < 4.78 is 5.62. The molecule has 208 valence electrons. The summed E-state index contributed by atoms with van der Waals surface area (Å²) in [6.45, 7) is 5.94. The third-order valence-electron chi connectivity index (χ3n) is 8.24. The van der Waals surface area contributed by atoms with Gasteiger partial charge in [0.25, 0.3) is 11.8 Å². The molecule has 6 rings (SSSR count). The summed E-state index contributed by atoms with van der Waals surface area (Å²) in [5, 5.41) is 12.1. The second kappa shape index (κ2) is 11.3. The van der Waals surface area contributed by atoms with E-state index in [1.807, 2.05) is 66.4 Å². The molecule has 8 heteroatoms. The Labute approximate surface area is 234 Å². The lowest BCUT2D eigenvalue weighted by atomic mass is 9.94. The number of benzene rings is 2. The molecule has 0 saturated carbocycles. The van der Waals surface area contributed by atoms with Gasteiger partial charge in [-0.1, -0.05) is 24.3 Å². The van der Waals surface area contributed by atoms with Crippen LogP contribution in [0.2, 0.25) is 0 Å². The summed E-state index contributed by atoms with van der Waals surface area (Å²) in [6, 6.07) is 15.9. The van der Waals surface area contributed by atoms with Gasteiger partial charge in [-0.05, 0) is 87.2 Å². The number of hydrogen-bond donors (Lipinski definition) is 3. The highest BCUT2D eigenvalue weighted by atomic mass is 16.5. The molecule has 0 atom stereocenters. The summed E-state index contributed by atoms with van der Waals surface area (Å²) in [6.07, 6.45) is 6.38. The lowest BCUT2D eigenvalue weighted by Gasteiger charge is -2.36. The van der Waals surface area contributed by atoms with E-state index < -0.39 is 0 Å². The molecule has 2 saturated heterocycles. The van der Waals surface area contributed by atoms with Gasteiger partial charge in [0.15, 0.2) is 0 Å². The first-order valence-corrected chi connectivity index (χ1v) is 14.3. The normalized spacial score (nSPS) is 18.8. The van der Waals surface area contributed by atoms with E-state index in [2.05, 4.69) is 15.2 Å². The highest BCUT2D eigenvalue weighted by Crippen LogP contribution is 2.41. The molecule has 0 unspecified atom stereocenters. The topological polar surface area (TPSA) is 97.9 Å². The quantitative estimate of drug-likeness (QED) is 0.382. The fourth-order valence-corrected chi connectivity index (χ4v) is 6.30. The SMILES string of the molecule is Cc1cc(C(=O)N2CCC(N3CCCC3)CC2)c(/C=C2\C(=O)Nc3cccc(-c4cccc(OCCO)c4)c32)[nH]1. The number of hydrogen-bond acceptors (Lipinski definition) is 5. The van der Waals surface area contributed by atoms with Crippen LogP contribution in [0.3, 0.4) is 0 Å². The Bertz CT molecular complexity index is 1440. The number of H-pyrrole nitrogens is 1. The smallest absolute Gasteiger partial charge is 0.256 e. The Kier molecular flexibility index (Phi) is 7.45. The van der Waals surface area contributed by atoms with Crippen LogP contribution >= 0.6 is 0 Å².